The summed E-state index contributed by atoms with van der Waals surface area (Å²) in [5, 5.41) is 0. The van der Waals surface area contributed by atoms with Crippen molar-refractivity contribution in [2.75, 3.05) is 20.7 Å². The van der Waals surface area contributed by atoms with Crippen molar-refractivity contribution >= 4 is 38.9 Å². The average molecular weight is 429 g/mol. The summed E-state index contributed by atoms with van der Waals surface area (Å²) >= 11 is 6.90. The number of benzene rings is 1. The number of carbonyl (C=O) groups is 1. The smallest absolute Gasteiger partial charge is 0.253 e. The topological polar surface area (TPSA) is 66.9 Å². The molecule has 146 valence electrons. The number of methoxy groups -OCH3 is 1. The zero-order valence-electron chi connectivity index (χ0n) is 15.1. The number of hydrogen-bond donors (Lipinski definition) is 0. The molecular formula is C18H21ClN2O4S2. The Labute approximate surface area is 168 Å². The zero-order valence-corrected chi connectivity index (χ0v) is 17.5. The van der Waals surface area contributed by atoms with Gasteiger partial charge >= 0.3 is 0 Å². The first-order valence-corrected chi connectivity index (χ1v) is 11.1. The molecule has 0 saturated carbocycles. The lowest BCUT2D eigenvalue weighted by Gasteiger charge is -2.27. The van der Waals surface area contributed by atoms with Crippen LogP contribution in [0.2, 0.25) is 4.34 Å². The standard InChI is InChI=1S/C18H21ClN2O4S2/c1-20(12-13-5-3-6-14(11-13)25-2)18(22)15-7-4-10-21(15)27(23,24)17-9-8-16(19)26-17/h3,5-6,8-9,11,15H,4,7,10,12H2,1-2H3. The van der Waals surface area contributed by atoms with Crippen molar-refractivity contribution < 1.29 is 17.9 Å². The Balaban J connectivity index is 1.76. The van der Waals surface area contributed by atoms with Crippen LogP contribution in [0.3, 0.4) is 0 Å². The van der Waals surface area contributed by atoms with E-state index in [0.717, 1.165) is 16.9 Å². The van der Waals surface area contributed by atoms with Crippen LogP contribution >= 0.6 is 22.9 Å². The van der Waals surface area contributed by atoms with Crippen LogP contribution in [0, 0.1) is 0 Å². The Bertz CT molecular complexity index is 929. The molecule has 0 radical (unpaired) electrons. The van der Waals surface area contributed by atoms with E-state index in [2.05, 4.69) is 0 Å². The zero-order chi connectivity index (χ0) is 19.6. The van der Waals surface area contributed by atoms with Crippen LogP contribution in [-0.4, -0.2) is 50.3 Å². The summed E-state index contributed by atoms with van der Waals surface area (Å²) in [6.07, 6.45) is 1.17. The van der Waals surface area contributed by atoms with E-state index >= 15 is 0 Å². The number of amides is 1. The number of ether oxygens (including phenoxy) is 1. The highest BCUT2D eigenvalue weighted by atomic mass is 35.5. The lowest BCUT2D eigenvalue weighted by molar-refractivity contribution is -0.133. The lowest BCUT2D eigenvalue weighted by Crippen LogP contribution is -2.46. The predicted octanol–water partition coefficient (Wildman–Crippen LogP) is 3.22. The van der Waals surface area contributed by atoms with Crippen LogP contribution < -0.4 is 4.74 Å². The number of sulfonamides is 1. The van der Waals surface area contributed by atoms with Crippen molar-refractivity contribution in [3.8, 4) is 5.75 Å². The second-order valence-electron chi connectivity index (χ2n) is 6.38. The van der Waals surface area contributed by atoms with Crippen molar-refractivity contribution in [1.29, 1.82) is 0 Å². The lowest BCUT2D eigenvalue weighted by atomic mass is 10.1. The van der Waals surface area contributed by atoms with Crippen molar-refractivity contribution in [3.63, 3.8) is 0 Å². The number of likely N-dealkylation sites (N-methyl/N-ethyl adjacent to an activating group) is 1. The highest BCUT2D eigenvalue weighted by Crippen LogP contribution is 2.32. The predicted molar refractivity (Wildman–Crippen MR) is 106 cm³/mol. The van der Waals surface area contributed by atoms with Crippen LogP contribution in [0.25, 0.3) is 0 Å². The molecule has 1 aliphatic rings. The molecule has 2 aromatic rings. The summed E-state index contributed by atoms with van der Waals surface area (Å²) in [6, 6.07) is 9.82. The molecule has 0 bridgehead atoms. The maximum atomic E-state index is 13.0. The molecule has 1 atom stereocenters. The van der Waals surface area contributed by atoms with E-state index < -0.39 is 16.1 Å². The van der Waals surface area contributed by atoms with E-state index in [-0.39, 0.29) is 10.1 Å². The largest absolute Gasteiger partial charge is 0.497 e. The number of halogens is 1. The maximum Gasteiger partial charge on any atom is 0.253 e. The van der Waals surface area contributed by atoms with E-state index in [0.29, 0.717) is 36.0 Å². The third kappa shape index (κ3) is 4.29. The van der Waals surface area contributed by atoms with E-state index in [1.807, 2.05) is 24.3 Å². The van der Waals surface area contributed by atoms with E-state index in [1.165, 1.54) is 10.4 Å². The molecular weight excluding hydrogens is 408 g/mol. The van der Waals surface area contributed by atoms with Gasteiger partial charge in [0.25, 0.3) is 10.0 Å². The number of rotatable bonds is 6. The van der Waals surface area contributed by atoms with Gasteiger partial charge < -0.3 is 9.64 Å². The summed E-state index contributed by atoms with van der Waals surface area (Å²) in [7, 11) is -0.452. The molecule has 1 aliphatic heterocycles. The van der Waals surface area contributed by atoms with Gasteiger partial charge in [0.2, 0.25) is 5.91 Å². The SMILES string of the molecule is COc1cccc(CN(C)C(=O)C2CCCN2S(=O)(=O)c2ccc(Cl)s2)c1. The first-order valence-electron chi connectivity index (χ1n) is 8.48. The molecule has 0 spiro atoms. The van der Waals surface area contributed by atoms with Crippen molar-refractivity contribution in [3.05, 3.63) is 46.3 Å². The minimum absolute atomic E-state index is 0.169. The van der Waals surface area contributed by atoms with Gasteiger partial charge in [-0.2, -0.15) is 4.31 Å². The van der Waals surface area contributed by atoms with Gasteiger partial charge in [-0.15, -0.1) is 11.3 Å². The monoisotopic (exact) mass is 428 g/mol. The fourth-order valence-corrected chi connectivity index (χ4v) is 6.47. The van der Waals surface area contributed by atoms with E-state index in [4.69, 9.17) is 16.3 Å². The summed E-state index contributed by atoms with van der Waals surface area (Å²) in [5.74, 6) is 0.509. The van der Waals surface area contributed by atoms with E-state index in [9.17, 15) is 13.2 Å². The summed E-state index contributed by atoms with van der Waals surface area (Å²) in [6.45, 7) is 0.715. The molecule has 6 nitrogen and oxygen atoms in total. The molecule has 27 heavy (non-hydrogen) atoms. The van der Waals surface area contributed by atoms with Gasteiger partial charge in [0.15, 0.2) is 0 Å². The Morgan fingerprint density at radius 1 is 1.37 bits per heavy atom. The maximum absolute atomic E-state index is 13.0. The molecule has 0 N–H and O–H groups in total. The third-order valence-corrected chi connectivity index (χ3v) is 8.14. The summed E-state index contributed by atoms with van der Waals surface area (Å²) in [4.78, 5) is 14.5. The average Bonchev–Trinajstić information content (AvgIpc) is 3.31. The van der Waals surface area contributed by atoms with Crippen molar-refractivity contribution in [1.82, 2.24) is 9.21 Å². The highest BCUT2D eigenvalue weighted by Gasteiger charge is 2.41. The quantitative estimate of drug-likeness (QED) is 0.708. The normalized spacial score (nSPS) is 17.8. The van der Waals surface area contributed by atoms with Crippen molar-refractivity contribution in [2.45, 2.75) is 29.6 Å². The molecule has 1 saturated heterocycles. The van der Waals surface area contributed by atoms with Gasteiger partial charge in [-0.05, 0) is 42.7 Å². The highest BCUT2D eigenvalue weighted by molar-refractivity contribution is 7.91. The van der Waals surface area contributed by atoms with Crippen LogP contribution in [-0.2, 0) is 21.4 Å². The Morgan fingerprint density at radius 3 is 2.81 bits per heavy atom. The van der Waals surface area contributed by atoms with Gasteiger partial charge in [-0.25, -0.2) is 8.42 Å². The Kier molecular flexibility index (Phi) is 6.10. The fourth-order valence-electron chi connectivity index (χ4n) is 3.20. The minimum atomic E-state index is -3.73. The fraction of sp³-hybridized carbons (Fsp3) is 0.389. The molecule has 1 amide bonds. The number of nitrogens with zero attached hydrogens (tertiary/aromatic N) is 2. The molecule has 1 fully saturated rings. The summed E-state index contributed by atoms with van der Waals surface area (Å²) in [5.41, 5.74) is 0.919. The van der Waals surface area contributed by atoms with Gasteiger partial charge in [0.1, 0.15) is 16.0 Å². The van der Waals surface area contributed by atoms with Crippen molar-refractivity contribution in [2.24, 2.45) is 0 Å². The third-order valence-electron chi connectivity index (χ3n) is 4.53. The Morgan fingerprint density at radius 2 is 2.15 bits per heavy atom. The van der Waals surface area contributed by atoms with Crippen LogP contribution in [0.1, 0.15) is 18.4 Å². The first-order chi connectivity index (χ1) is 12.8. The molecule has 0 aliphatic carbocycles. The summed E-state index contributed by atoms with van der Waals surface area (Å²) < 4.78 is 32.9. The molecule has 2 heterocycles. The van der Waals surface area contributed by atoms with E-state index in [1.54, 1.807) is 25.1 Å². The van der Waals surface area contributed by atoms with Crippen LogP contribution in [0.4, 0.5) is 0 Å². The first kappa shape index (κ1) is 20.1. The second kappa shape index (κ2) is 8.18. The second-order valence-corrected chi connectivity index (χ2v) is 10.2. The van der Waals surface area contributed by atoms with Gasteiger partial charge in [-0.3, -0.25) is 4.79 Å². The molecule has 1 unspecified atom stereocenters. The minimum Gasteiger partial charge on any atom is -0.497 e. The van der Waals surface area contributed by atoms with Crippen LogP contribution in [0.5, 0.6) is 5.75 Å². The van der Waals surface area contributed by atoms with Gasteiger partial charge in [0, 0.05) is 20.1 Å². The van der Waals surface area contributed by atoms with Gasteiger partial charge in [0.05, 0.1) is 11.4 Å². The molecule has 1 aromatic heterocycles. The van der Waals surface area contributed by atoms with Crippen LogP contribution in [0.15, 0.2) is 40.6 Å². The van der Waals surface area contributed by atoms with Gasteiger partial charge in [-0.1, -0.05) is 23.7 Å². The number of thiophene rings is 1. The number of carbonyl (C=O) groups excluding carboxylic acids is 1. The molecule has 1 aromatic carbocycles. The number of hydrogen-bond acceptors (Lipinski definition) is 5. The molecule has 9 heteroatoms. The molecule has 3 rings (SSSR count). The Hall–Kier alpha value is -1.61.